The Bertz CT molecular complexity index is 843. The van der Waals surface area contributed by atoms with Gasteiger partial charge in [-0.05, 0) is 36.8 Å². The number of nitrogens with zero attached hydrogens (tertiary/aromatic N) is 1. The highest BCUT2D eigenvalue weighted by Crippen LogP contribution is 2.38. The zero-order chi connectivity index (χ0) is 15.7. The van der Waals surface area contributed by atoms with Gasteiger partial charge in [0.2, 0.25) is 0 Å². The number of hydrogen-bond acceptors (Lipinski definition) is 4. The van der Waals surface area contributed by atoms with Crippen LogP contribution in [-0.4, -0.2) is 24.3 Å². The molecule has 0 atom stereocenters. The number of para-hydroxylation sites is 1. The predicted molar refractivity (Wildman–Crippen MR) is 86.7 cm³/mol. The van der Waals surface area contributed by atoms with Crippen molar-refractivity contribution in [2.24, 2.45) is 0 Å². The molecule has 0 saturated carbocycles. The lowest BCUT2D eigenvalue weighted by Crippen LogP contribution is -1.95. The van der Waals surface area contributed by atoms with Gasteiger partial charge in [-0.2, -0.15) is 0 Å². The first-order valence-corrected chi connectivity index (χ1v) is 6.96. The molecule has 0 saturated heterocycles. The van der Waals surface area contributed by atoms with Crippen molar-refractivity contribution in [2.75, 3.05) is 14.2 Å². The normalized spacial score (nSPS) is 10.7. The number of aryl methyl sites for hydroxylation is 1. The summed E-state index contributed by atoms with van der Waals surface area (Å²) in [5.41, 5.74) is 3.07. The van der Waals surface area contributed by atoms with Gasteiger partial charge in [-0.25, -0.2) is 4.98 Å². The summed E-state index contributed by atoms with van der Waals surface area (Å²) >= 11 is 0. The quantitative estimate of drug-likeness (QED) is 0.795. The van der Waals surface area contributed by atoms with Crippen molar-refractivity contribution in [1.82, 2.24) is 4.98 Å². The van der Waals surface area contributed by atoms with E-state index >= 15 is 0 Å². The van der Waals surface area contributed by atoms with Crippen LogP contribution < -0.4 is 9.47 Å². The van der Waals surface area contributed by atoms with Gasteiger partial charge >= 0.3 is 0 Å². The van der Waals surface area contributed by atoms with E-state index in [1.807, 2.05) is 31.2 Å². The van der Waals surface area contributed by atoms with E-state index in [9.17, 15) is 5.11 Å². The maximum absolute atomic E-state index is 10.2. The molecule has 0 aliphatic carbocycles. The van der Waals surface area contributed by atoms with Crippen molar-refractivity contribution < 1.29 is 14.6 Å². The SMILES string of the molecule is COc1cccc(O)c1-c1cc(C)c2cccc(OC)c2n1. The van der Waals surface area contributed by atoms with E-state index in [0.29, 0.717) is 22.8 Å². The molecule has 0 fully saturated rings. The number of methoxy groups -OCH3 is 2. The van der Waals surface area contributed by atoms with Crippen LogP contribution in [0.5, 0.6) is 17.2 Å². The molecule has 3 aromatic rings. The first-order chi connectivity index (χ1) is 10.7. The zero-order valence-corrected chi connectivity index (χ0v) is 12.8. The highest BCUT2D eigenvalue weighted by atomic mass is 16.5. The first kappa shape index (κ1) is 14.2. The van der Waals surface area contributed by atoms with Crippen molar-refractivity contribution in [1.29, 1.82) is 0 Å². The molecule has 0 spiro atoms. The molecule has 0 aliphatic rings. The smallest absolute Gasteiger partial charge is 0.145 e. The molecule has 112 valence electrons. The summed E-state index contributed by atoms with van der Waals surface area (Å²) < 4.78 is 10.8. The third-order valence-corrected chi connectivity index (χ3v) is 3.71. The number of phenolic OH excluding ortho intramolecular Hbond substituents is 1. The number of aromatic hydroxyl groups is 1. The molecule has 0 radical (unpaired) electrons. The number of ether oxygens (including phenoxy) is 2. The van der Waals surface area contributed by atoms with Crippen molar-refractivity contribution >= 4 is 10.9 Å². The zero-order valence-electron chi connectivity index (χ0n) is 12.8. The van der Waals surface area contributed by atoms with Crippen LogP contribution in [0, 0.1) is 6.92 Å². The minimum absolute atomic E-state index is 0.139. The van der Waals surface area contributed by atoms with E-state index in [-0.39, 0.29) is 5.75 Å². The van der Waals surface area contributed by atoms with Gasteiger partial charge in [0.1, 0.15) is 22.8 Å². The van der Waals surface area contributed by atoms with Gasteiger partial charge in [0.25, 0.3) is 0 Å². The predicted octanol–water partition coefficient (Wildman–Crippen LogP) is 3.93. The number of pyridine rings is 1. The van der Waals surface area contributed by atoms with Crippen LogP contribution in [0.3, 0.4) is 0 Å². The van der Waals surface area contributed by atoms with E-state index in [1.165, 1.54) is 0 Å². The minimum Gasteiger partial charge on any atom is -0.507 e. The highest BCUT2D eigenvalue weighted by molar-refractivity contribution is 5.90. The van der Waals surface area contributed by atoms with Crippen LogP contribution in [-0.2, 0) is 0 Å². The second-order valence-corrected chi connectivity index (χ2v) is 5.04. The molecule has 22 heavy (non-hydrogen) atoms. The molecule has 1 heterocycles. The average molecular weight is 295 g/mol. The molecule has 0 unspecified atom stereocenters. The number of phenols is 1. The van der Waals surface area contributed by atoms with Crippen molar-refractivity contribution in [3.05, 3.63) is 48.0 Å². The minimum atomic E-state index is 0.139. The number of fused-ring (bicyclic) bond motifs is 1. The largest absolute Gasteiger partial charge is 0.507 e. The van der Waals surface area contributed by atoms with E-state index in [2.05, 4.69) is 4.98 Å². The summed E-state index contributed by atoms with van der Waals surface area (Å²) in [4.78, 5) is 4.68. The molecular weight excluding hydrogens is 278 g/mol. The lowest BCUT2D eigenvalue weighted by atomic mass is 10.0. The van der Waals surface area contributed by atoms with Crippen LogP contribution in [0.1, 0.15) is 5.56 Å². The Labute approximate surface area is 129 Å². The molecule has 2 aromatic carbocycles. The second kappa shape index (κ2) is 5.56. The van der Waals surface area contributed by atoms with Gasteiger partial charge < -0.3 is 14.6 Å². The number of rotatable bonds is 3. The summed E-state index contributed by atoms with van der Waals surface area (Å²) in [5, 5.41) is 11.2. The van der Waals surface area contributed by atoms with Crippen molar-refractivity contribution in [3.8, 4) is 28.5 Å². The summed E-state index contributed by atoms with van der Waals surface area (Å²) in [6, 6.07) is 12.9. The van der Waals surface area contributed by atoms with Gasteiger partial charge in [-0.15, -0.1) is 0 Å². The van der Waals surface area contributed by atoms with Gasteiger partial charge in [-0.3, -0.25) is 0 Å². The Hall–Kier alpha value is -2.75. The average Bonchev–Trinajstić information content (AvgIpc) is 2.53. The lowest BCUT2D eigenvalue weighted by molar-refractivity contribution is 0.410. The number of aromatic nitrogens is 1. The van der Waals surface area contributed by atoms with Crippen LogP contribution in [0.2, 0.25) is 0 Å². The van der Waals surface area contributed by atoms with Gasteiger partial charge in [0.15, 0.2) is 0 Å². The Kier molecular flexibility index (Phi) is 3.59. The summed E-state index contributed by atoms with van der Waals surface area (Å²) in [7, 11) is 3.20. The lowest BCUT2D eigenvalue weighted by Gasteiger charge is -2.13. The Morgan fingerprint density at radius 1 is 0.955 bits per heavy atom. The topological polar surface area (TPSA) is 51.6 Å². The molecule has 0 amide bonds. The fraction of sp³-hybridized carbons (Fsp3) is 0.167. The van der Waals surface area contributed by atoms with Crippen LogP contribution in [0.4, 0.5) is 0 Å². The third kappa shape index (κ3) is 2.22. The van der Waals surface area contributed by atoms with Crippen LogP contribution in [0.15, 0.2) is 42.5 Å². The fourth-order valence-electron chi connectivity index (χ4n) is 2.63. The van der Waals surface area contributed by atoms with E-state index in [1.54, 1.807) is 32.4 Å². The maximum Gasteiger partial charge on any atom is 0.145 e. The van der Waals surface area contributed by atoms with E-state index in [4.69, 9.17) is 9.47 Å². The maximum atomic E-state index is 10.2. The Morgan fingerprint density at radius 2 is 1.64 bits per heavy atom. The van der Waals surface area contributed by atoms with Gasteiger partial charge in [-0.1, -0.05) is 18.2 Å². The monoisotopic (exact) mass is 295 g/mol. The van der Waals surface area contributed by atoms with Crippen molar-refractivity contribution in [3.63, 3.8) is 0 Å². The second-order valence-electron chi connectivity index (χ2n) is 5.04. The van der Waals surface area contributed by atoms with E-state index < -0.39 is 0 Å². The van der Waals surface area contributed by atoms with Gasteiger partial charge in [0, 0.05) is 5.39 Å². The van der Waals surface area contributed by atoms with Crippen LogP contribution in [0.25, 0.3) is 22.2 Å². The third-order valence-electron chi connectivity index (χ3n) is 3.71. The first-order valence-electron chi connectivity index (χ1n) is 6.96. The summed E-state index contributed by atoms with van der Waals surface area (Å²) in [6.07, 6.45) is 0. The molecule has 3 rings (SSSR count). The number of hydrogen-bond donors (Lipinski definition) is 1. The summed E-state index contributed by atoms with van der Waals surface area (Å²) in [5.74, 6) is 1.43. The molecule has 4 nitrogen and oxygen atoms in total. The molecule has 1 aromatic heterocycles. The standard InChI is InChI=1S/C18H17NO3/c1-11-10-13(17-14(20)7-5-8-15(17)21-2)19-18-12(11)6-4-9-16(18)22-3/h4-10,20H,1-3H3. The molecule has 0 aliphatic heterocycles. The van der Waals surface area contributed by atoms with Crippen LogP contribution >= 0.6 is 0 Å². The fourth-order valence-corrected chi connectivity index (χ4v) is 2.63. The number of benzene rings is 2. The molecule has 1 N–H and O–H groups in total. The summed E-state index contributed by atoms with van der Waals surface area (Å²) in [6.45, 7) is 2.01. The Balaban J connectivity index is 2.34. The highest BCUT2D eigenvalue weighted by Gasteiger charge is 2.15. The van der Waals surface area contributed by atoms with Crippen molar-refractivity contribution in [2.45, 2.75) is 6.92 Å². The molecular formula is C18H17NO3. The Morgan fingerprint density at radius 3 is 2.36 bits per heavy atom. The van der Waals surface area contributed by atoms with E-state index in [0.717, 1.165) is 16.5 Å². The molecule has 0 bridgehead atoms. The van der Waals surface area contributed by atoms with Gasteiger partial charge in [0.05, 0.1) is 25.5 Å². The molecule has 4 heteroatoms.